The molecule has 5 heteroatoms. The van der Waals surface area contributed by atoms with Gasteiger partial charge in [-0.15, -0.1) is 11.8 Å². The number of benzene rings is 1. The maximum Gasteiger partial charge on any atom is 0.335 e. The topological polar surface area (TPSA) is 57.5 Å². The van der Waals surface area contributed by atoms with Crippen LogP contribution in [0.1, 0.15) is 42.5 Å². The molecule has 104 valence electrons. The molecule has 3 nitrogen and oxygen atoms in total. The summed E-state index contributed by atoms with van der Waals surface area (Å²) in [5.74, 6) is -1.10. The third-order valence-electron chi connectivity index (χ3n) is 3.46. The second-order valence-corrected chi connectivity index (χ2v) is 6.04. The Balaban J connectivity index is 2.06. The highest BCUT2D eigenvalue weighted by molar-refractivity contribution is 7.99. The Bertz CT molecular complexity index is 470. The summed E-state index contributed by atoms with van der Waals surface area (Å²) in [5, 5.41) is 19.2. The molecule has 0 spiro atoms. The minimum Gasteiger partial charge on any atom is -0.478 e. The van der Waals surface area contributed by atoms with Crippen molar-refractivity contribution in [1.29, 1.82) is 0 Å². The zero-order valence-electron chi connectivity index (χ0n) is 10.6. The van der Waals surface area contributed by atoms with Crippen molar-refractivity contribution < 1.29 is 19.4 Å². The summed E-state index contributed by atoms with van der Waals surface area (Å²) in [6, 6.07) is 3.74. The number of hydrogen-bond acceptors (Lipinski definition) is 3. The fraction of sp³-hybridized carbons (Fsp3) is 0.500. The molecule has 0 unspecified atom stereocenters. The van der Waals surface area contributed by atoms with Gasteiger partial charge in [-0.1, -0.05) is 19.3 Å². The van der Waals surface area contributed by atoms with Gasteiger partial charge in [-0.25, -0.2) is 9.18 Å². The van der Waals surface area contributed by atoms with Gasteiger partial charge >= 0.3 is 5.97 Å². The van der Waals surface area contributed by atoms with E-state index >= 15 is 0 Å². The molecule has 1 fully saturated rings. The summed E-state index contributed by atoms with van der Waals surface area (Å²) in [6.45, 7) is 0. The van der Waals surface area contributed by atoms with Gasteiger partial charge in [0.05, 0.1) is 11.2 Å². The number of aliphatic hydroxyl groups is 1. The first-order chi connectivity index (χ1) is 9.00. The standard InChI is InChI=1S/C14H17FO3S/c15-11-5-4-10(13(16)17)8-12(11)19-9-14(18)6-2-1-3-7-14/h4-5,8,18H,1-3,6-7,9H2,(H,16,17). The van der Waals surface area contributed by atoms with Gasteiger partial charge in [0.2, 0.25) is 0 Å². The molecule has 1 aromatic rings. The number of carboxylic acids is 1. The Kier molecular flexibility index (Phi) is 4.47. The van der Waals surface area contributed by atoms with Crippen molar-refractivity contribution in [3.63, 3.8) is 0 Å². The van der Waals surface area contributed by atoms with Crippen LogP contribution in [-0.2, 0) is 0 Å². The lowest BCUT2D eigenvalue weighted by Gasteiger charge is -2.31. The van der Waals surface area contributed by atoms with E-state index in [1.54, 1.807) is 0 Å². The average Bonchev–Trinajstić information content (AvgIpc) is 2.38. The summed E-state index contributed by atoms with van der Waals surface area (Å²) in [5.41, 5.74) is -0.672. The van der Waals surface area contributed by atoms with Gasteiger partial charge in [0, 0.05) is 10.6 Å². The van der Waals surface area contributed by atoms with Gasteiger partial charge in [0.25, 0.3) is 0 Å². The maximum absolute atomic E-state index is 13.6. The van der Waals surface area contributed by atoms with Crippen LogP contribution in [0, 0.1) is 5.82 Å². The summed E-state index contributed by atoms with van der Waals surface area (Å²) >= 11 is 1.20. The molecule has 1 aliphatic rings. The molecular weight excluding hydrogens is 267 g/mol. The minimum absolute atomic E-state index is 0.0690. The first-order valence-electron chi connectivity index (χ1n) is 6.38. The van der Waals surface area contributed by atoms with Gasteiger partial charge in [-0.05, 0) is 31.0 Å². The molecule has 2 N–H and O–H groups in total. The lowest BCUT2D eigenvalue weighted by atomic mass is 9.86. The first kappa shape index (κ1) is 14.3. The van der Waals surface area contributed by atoms with E-state index in [-0.39, 0.29) is 5.56 Å². The van der Waals surface area contributed by atoms with Gasteiger partial charge in [0.1, 0.15) is 5.82 Å². The highest BCUT2D eigenvalue weighted by Gasteiger charge is 2.29. The van der Waals surface area contributed by atoms with E-state index in [1.165, 1.54) is 23.9 Å². The molecule has 0 aliphatic heterocycles. The van der Waals surface area contributed by atoms with Crippen molar-refractivity contribution in [1.82, 2.24) is 0 Å². The number of rotatable bonds is 4. The van der Waals surface area contributed by atoms with E-state index in [1.807, 2.05) is 0 Å². The Labute approximate surface area is 115 Å². The summed E-state index contributed by atoms with van der Waals surface area (Å²) in [7, 11) is 0. The molecule has 0 amide bonds. The largest absolute Gasteiger partial charge is 0.478 e. The van der Waals surface area contributed by atoms with E-state index in [2.05, 4.69) is 0 Å². The second-order valence-electron chi connectivity index (χ2n) is 5.02. The zero-order valence-corrected chi connectivity index (χ0v) is 11.4. The average molecular weight is 284 g/mol. The molecule has 1 saturated carbocycles. The molecule has 0 aromatic heterocycles. The number of hydrogen-bond donors (Lipinski definition) is 2. The van der Waals surface area contributed by atoms with Crippen LogP contribution in [0.3, 0.4) is 0 Å². The molecule has 2 rings (SSSR count). The van der Waals surface area contributed by atoms with Crippen LogP contribution in [-0.4, -0.2) is 27.5 Å². The molecular formula is C14H17FO3S. The molecule has 1 aliphatic carbocycles. The van der Waals surface area contributed by atoms with Crippen molar-refractivity contribution in [2.24, 2.45) is 0 Å². The van der Waals surface area contributed by atoms with E-state index < -0.39 is 17.4 Å². The minimum atomic E-state index is -1.07. The number of carboxylic acid groups (broad SMARTS) is 1. The normalized spacial score (nSPS) is 18.2. The Morgan fingerprint density at radius 2 is 2.00 bits per heavy atom. The smallest absolute Gasteiger partial charge is 0.335 e. The maximum atomic E-state index is 13.6. The monoisotopic (exact) mass is 284 g/mol. The Morgan fingerprint density at radius 3 is 2.63 bits per heavy atom. The predicted molar refractivity (Wildman–Crippen MR) is 72.1 cm³/mol. The lowest BCUT2D eigenvalue weighted by molar-refractivity contribution is 0.0273. The van der Waals surface area contributed by atoms with Crippen LogP contribution >= 0.6 is 11.8 Å². The molecule has 0 heterocycles. The highest BCUT2D eigenvalue weighted by Crippen LogP contribution is 2.34. The quantitative estimate of drug-likeness (QED) is 0.833. The molecule has 0 bridgehead atoms. The van der Waals surface area contributed by atoms with Crippen molar-refractivity contribution >= 4 is 17.7 Å². The molecule has 0 radical (unpaired) electrons. The van der Waals surface area contributed by atoms with Crippen molar-refractivity contribution in [3.8, 4) is 0 Å². The van der Waals surface area contributed by atoms with Crippen molar-refractivity contribution in [2.45, 2.75) is 42.6 Å². The number of aromatic carboxylic acids is 1. The van der Waals surface area contributed by atoms with Gasteiger partial charge in [-0.2, -0.15) is 0 Å². The fourth-order valence-electron chi connectivity index (χ4n) is 2.31. The number of halogens is 1. The van der Waals surface area contributed by atoms with Crippen LogP contribution < -0.4 is 0 Å². The Hall–Kier alpha value is -1.07. The second kappa shape index (κ2) is 5.92. The Morgan fingerprint density at radius 1 is 1.32 bits per heavy atom. The van der Waals surface area contributed by atoms with Crippen LogP contribution in [0.4, 0.5) is 4.39 Å². The van der Waals surface area contributed by atoms with Crippen LogP contribution in [0.15, 0.2) is 23.1 Å². The molecule has 1 aromatic carbocycles. The highest BCUT2D eigenvalue weighted by atomic mass is 32.2. The molecule has 0 atom stereocenters. The van der Waals surface area contributed by atoms with Gasteiger partial charge < -0.3 is 10.2 Å². The number of thioether (sulfide) groups is 1. The van der Waals surface area contributed by atoms with Gasteiger partial charge in [-0.3, -0.25) is 0 Å². The van der Waals surface area contributed by atoms with E-state index in [0.29, 0.717) is 10.6 Å². The van der Waals surface area contributed by atoms with E-state index in [4.69, 9.17) is 5.11 Å². The van der Waals surface area contributed by atoms with Crippen molar-refractivity contribution in [2.75, 3.05) is 5.75 Å². The molecule has 19 heavy (non-hydrogen) atoms. The number of carbonyl (C=O) groups is 1. The fourth-order valence-corrected chi connectivity index (χ4v) is 3.44. The lowest BCUT2D eigenvalue weighted by Crippen LogP contribution is -2.34. The van der Waals surface area contributed by atoms with Crippen LogP contribution in [0.2, 0.25) is 0 Å². The van der Waals surface area contributed by atoms with Crippen LogP contribution in [0.5, 0.6) is 0 Å². The summed E-state index contributed by atoms with van der Waals surface area (Å²) in [6.07, 6.45) is 4.60. The predicted octanol–water partition coefficient (Wildman–Crippen LogP) is 3.31. The van der Waals surface area contributed by atoms with Crippen LogP contribution in [0.25, 0.3) is 0 Å². The molecule has 0 saturated heterocycles. The van der Waals surface area contributed by atoms with E-state index in [9.17, 15) is 14.3 Å². The van der Waals surface area contributed by atoms with Crippen molar-refractivity contribution in [3.05, 3.63) is 29.6 Å². The first-order valence-corrected chi connectivity index (χ1v) is 7.37. The van der Waals surface area contributed by atoms with E-state index in [0.717, 1.165) is 38.2 Å². The zero-order chi connectivity index (χ0) is 13.9. The summed E-state index contributed by atoms with van der Waals surface area (Å²) < 4.78 is 13.6. The third-order valence-corrected chi connectivity index (χ3v) is 4.76. The summed E-state index contributed by atoms with van der Waals surface area (Å²) in [4.78, 5) is 11.1. The SMILES string of the molecule is O=C(O)c1ccc(F)c(SCC2(O)CCCCC2)c1. The third kappa shape index (κ3) is 3.70. The van der Waals surface area contributed by atoms with Gasteiger partial charge in [0.15, 0.2) is 0 Å².